The predicted molar refractivity (Wildman–Crippen MR) is 104 cm³/mol. The quantitative estimate of drug-likeness (QED) is 0.814. The molecule has 1 fully saturated rings. The van der Waals surface area contributed by atoms with Crippen LogP contribution < -0.4 is 0 Å². The molecule has 1 N–H and O–H groups in total. The zero-order valence-electron chi connectivity index (χ0n) is 16.0. The number of rotatable bonds is 5. The van der Waals surface area contributed by atoms with Gasteiger partial charge in [-0.2, -0.15) is 0 Å². The summed E-state index contributed by atoms with van der Waals surface area (Å²) in [7, 11) is 0. The van der Waals surface area contributed by atoms with Gasteiger partial charge < -0.3 is 14.7 Å². The maximum absolute atomic E-state index is 12.1. The molecule has 1 saturated heterocycles. The monoisotopic (exact) mass is 373 g/mol. The molecule has 1 heterocycles. The first-order valence-corrected chi connectivity index (χ1v) is 9.36. The lowest BCUT2D eigenvalue weighted by Crippen LogP contribution is -2.43. The first-order chi connectivity index (χ1) is 13.0. The Kier molecular flexibility index (Phi) is 8.27. The van der Waals surface area contributed by atoms with Gasteiger partial charge in [0.25, 0.3) is 0 Å². The molecule has 0 bridgehead atoms. The minimum atomic E-state index is -0.243. The number of hydrogen-bond donors (Lipinski definition) is 1. The molecule has 2 aromatic carbocycles. The maximum Gasteiger partial charge on any atom is 0.410 e. The lowest BCUT2D eigenvalue weighted by molar-refractivity contribution is 0.00760. The lowest BCUT2D eigenvalue weighted by atomic mass is 10.0. The molecule has 0 saturated carbocycles. The van der Waals surface area contributed by atoms with E-state index >= 15 is 0 Å². The molecular weight excluding hydrogens is 345 g/mol. The molecule has 0 aliphatic carbocycles. The lowest BCUT2D eigenvalue weighted by Gasteiger charge is -2.35. The smallest absolute Gasteiger partial charge is 0.410 e. The van der Waals surface area contributed by atoms with Crippen LogP contribution in [0.5, 0.6) is 0 Å². The number of cyclic esters (lactones) is 1. The highest BCUT2D eigenvalue weighted by molar-refractivity contribution is 5.69. The van der Waals surface area contributed by atoms with Gasteiger partial charge in [-0.1, -0.05) is 48.0 Å². The van der Waals surface area contributed by atoms with Crippen LogP contribution in [0.15, 0.2) is 54.6 Å². The van der Waals surface area contributed by atoms with Gasteiger partial charge in [0, 0.05) is 19.6 Å². The highest BCUT2D eigenvalue weighted by atomic mass is 19.1. The normalized spacial score (nSPS) is 17.6. The molecule has 1 aliphatic rings. The summed E-state index contributed by atoms with van der Waals surface area (Å²) in [5, 5.41) is 8.82. The second-order valence-electron chi connectivity index (χ2n) is 6.74. The van der Waals surface area contributed by atoms with Crippen molar-refractivity contribution < 1.29 is 19.0 Å². The highest BCUT2D eigenvalue weighted by Gasteiger charge is 2.30. The number of hydrogen-bond acceptors (Lipinski definition) is 3. The molecule has 1 amide bonds. The summed E-state index contributed by atoms with van der Waals surface area (Å²) in [6.07, 6.45) is 1.98. The summed E-state index contributed by atoms with van der Waals surface area (Å²) in [6, 6.07) is 16.2. The maximum atomic E-state index is 12.1. The fraction of sp³-hybridized carbons (Fsp3) is 0.409. The van der Waals surface area contributed by atoms with Crippen molar-refractivity contribution in [3.8, 4) is 0 Å². The fourth-order valence-electron chi connectivity index (χ4n) is 2.96. The van der Waals surface area contributed by atoms with Gasteiger partial charge in [-0.3, -0.25) is 0 Å². The number of amides is 1. The van der Waals surface area contributed by atoms with Crippen molar-refractivity contribution in [1.29, 1.82) is 0 Å². The molecule has 0 radical (unpaired) electrons. The Bertz CT molecular complexity index is 690. The summed E-state index contributed by atoms with van der Waals surface area (Å²) in [6.45, 7) is 4.94. The van der Waals surface area contributed by atoms with Gasteiger partial charge in [-0.15, -0.1) is 0 Å². The third-order valence-corrected chi connectivity index (χ3v) is 4.64. The van der Waals surface area contributed by atoms with Crippen LogP contribution in [0, 0.1) is 12.7 Å². The van der Waals surface area contributed by atoms with Crippen molar-refractivity contribution in [3.05, 3.63) is 71.5 Å². The minimum absolute atomic E-state index is 0.0295. The third-order valence-electron chi connectivity index (χ3n) is 4.64. The Morgan fingerprint density at radius 2 is 1.85 bits per heavy atom. The van der Waals surface area contributed by atoms with Gasteiger partial charge in [-0.25, -0.2) is 9.18 Å². The van der Waals surface area contributed by atoms with E-state index in [0.29, 0.717) is 13.0 Å². The standard InChI is InChI=1S/C16H23NO3.C6H5F/c1-12-5-7-14(8-6-12)13(2)17-10-9-15(4-3-11-18)20-16(17)19;7-6-4-2-1-3-5-6/h5-8,13,15,18H,3-4,9-11H2,1-2H3;1-5H. The van der Waals surface area contributed by atoms with Gasteiger partial charge in [0.15, 0.2) is 0 Å². The van der Waals surface area contributed by atoms with E-state index in [9.17, 15) is 9.18 Å². The van der Waals surface area contributed by atoms with Crippen molar-refractivity contribution in [3.63, 3.8) is 0 Å². The molecule has 2 atom stereocenters. The van der Waals surface area contributed by atoms with Crippen molar-refractivity contribution in [1.82, 2.24) is 4.90 Å². The topological polar surface area (TPSA) is 49.8 Å². The fourth-order valence-corrected chi connectivity index (χ4v) is 2.96. The van der Waals surface area contributed by atoms with E-state index in [2.05, 4.69) is 31.2 Å². The molecule has 27 heavy (non-hydrogen) atoms. The van der Waals surface area contributed by atoms with Crippen LogP contribution in [0.1, 0.15) is 43.4 Å². The molecule has 2 unspecified atom stereocenters. The van der Waals surface area contributed by atoms with Gasteiger partial charge in [-0.05, 0) is 44.4 Å². The van der Waals surface area contributed by atoms with Gasteiger partial charge >= 0.3 is 6.09 Å². The Morgan fingerprint density at radius 3 is 2.37 bits per heavy atom. The highest BCUT2D eigenvalue weighted by Crippen LogP contribution is 2.26. The third kappa shape index (κ3) is 6.68. The van der Waals surface area contributed by atoms with Gasteiger partial charge in [0.2, 0.25) is 0 Å². The molecule has 0 spiro atoms. The van der Waals surface area contributed by atoms with E-state index < -0.39 is 0 Å². The Labute approximate surface area is 160 Å². The molecular formula is C22H28FNO3. The average molecular weight is 373 g/mol. The number of carbonyl (C=O) groups excluding carboxylic acids is 1. The molecule has 146 valence electrons. The van der Waals surface area contributed by atoms with E-state index in [1.807, 2.05) is 6.92 Å². The summed E-state index contributed by atoms with van der Waals surface area (Å²) >= 11 is 0. The van der Waals surface area contributed by atoms with Crippen LogP contribution in [0.4, 0.5) is 9.18 Å². The van der Waals surface area contributed by atoms with Crippen LogP contribution in [0.3, 0.4) is 0 Å². The van der Waals surface area contributed by atoms with E-state index in [4.69, 9.17) is 9.84 Å². The number of carbonyl (C=O) groups is 1. The Hall–Kier alpha value is -2.40. The number of benzene rings is 2. The summed E-state index contributed by atoms with van der Waals surface area (Å²) in [4.78, 5) is 13.9. The second-order valence-corrected chi connectivity index (χ2v) is 6.74. The van der Waals surface area contributed by atoms with E-state index in [1.54, 1.807) is 23.1 Å². The predicted octanol–water partition coefficient (Wildman–Crippen LogP) is 4.87. The SMILES string of the molecule is Cc1ccc(C(C)N2CCC(CCCO)OC2=O)cc1.Fc1ccccc1. The van der Waals surface area contributed by atoms with Crippen LogP contribution in [0.2, 0.25) is 0 Å². The van der Waals surface area contributed by atoms with E-state index in [-0.39, 0.29) is 30.7 Å². The minimum Gasteiger partial charge on any atom is -0.446 e. The number of aryl methyl sites for hydroxylation is 1. The Morgan fingerprint density at radius 1 is 1.19 bits per heavy atom. The zero-order valence-corrected chi connectivity index (χ0v) is 16.0. The summed E-state index contributed by atoms with van der Waals surface area (Å²) < 4.78 is 17.3. The average Bonchev–Trinajstić information content (AvgIpc) is 2.68. The van der Waals surface area contributed by atoms with Crippen LogP contribution >= 0.6 is 0 Å². The number of halogens is 1. The van der Waals surface area contributed by atoms with Gasteiger partial charge in [0.05, 0.1) is 6.04 Å². The van der Waals surface area contributed by atoms with E-state index in [0.717, 1.165) is 18.4 Å². The summed E-state index contributed by atoms with van der Waals surface area (Å²) in [5.74, 6) is -0.178. The second kappa shape index (κ2) is 10.7. The van der Waals surface area contributed by atoms with Gasteiger partial charge in [0.1, 0.15) is 11.9 Å². The first-order valence-electron chi connectivity index (χ1n) is 9.36. The molecule has 1 aliphatic heterocycles. The van der Waals surface area contributed by atoms with Crippen molar-refractivity contribution >= 4 is 6.09 Å². The van der Waals surface area contributed by atoms with E-state index in [1.165, 1.54) is 17.7 Å². The molecule has 4 nitrogen and oxygen atoms in total. The first kappa shape index (κ1) is 20.9. The number of aliphatic hydroxyl groups excluding tert-OH is 1. The Balaban J connectivity index is 0.000000313. The molecule has 0 aromatic heterocycles. The molecule has 3 rings (SSSR count). The number of nitrogens with zero attached hydrogens (tertiary/aromatic N) is 1. The van der Waals surface area contributed by atoms with Crippen LogP contribution in [-0.4, -0.2) is 35.4 Å². The van der Waals surface area contributed by atoms with Crippen LogP contribution in [0.25, 0.3) is 0 Å². The summed E-state index contributed by atoms with van der Waals surface area (Å²) in [5.41, 5.74) is 2.34. The zero-order chi connectivity index (χ0) is 19.6. The van der Waals surface area contributed by atoms with Crippen molar-refractivity contribution in [2.75, 3.05) is 13.2 Å². The molecule has 2 aromatic rings. The van der Waals surface area contributed by atoms with Crippen molar-refractivity contribution in [2.24, 2.45) is 0 Å². The van der Waals surface area contributed by atoms with Crippen LogP contribution in [-0.2, 0) is 4.74 Å². The molecule has 5 heteroatoms. The van der Waals surface area contributed by atoms with Crippen molar-refractivity contribution in [2.45, 2.75) is 45.3 Å². The number of aliphatic hydroxyl groups is 1. The largest absolute Gasteiger partial charge is 0.446 e. The number of ether oxygens (including phenoxy) is 1.